The summed E-state index contributed by atoms with van der Waals surface area (Å²) in [6.07, 6.45) is -6.08. The van der Waals surface area contributed by atoms with Gasteiger partial charge in [-0.2, -0.15) is 8.62 Å². The fourth-order valence-electron chi connectivity index (χ4n) is 2.26. The standard InChI is InChI=1S/C9H16N3O15P3/c10-3-1-12(9(16)11-7(3)15)8-6(14)5(13)4(25-8)2-24-29(20,21)27-30(22,23)26-28(17,18)19/h1,4-6,8,13-14H,2,10H2,(H,20,21)(H,22,23)(H,11,15,16)(H2,17,18,19)/t4-,5?,6?,8-/m0/s1. The van der Waals surface area contributed by atoms with E-state index in [1.807, 2.05) is 4.98 Å². The van der Waals surface area contributed by atoms with Gasteiger partial charge in [-0.15, -0.1) is 0 Å². The van der Waals surface area contributed by atoms with E-state index in [2.05, 4.69) is 13.1 Å². The average Bonchev–Trinajstić information content (AvgIpc) is 2.81. The van der Waals surface area contributed by atoms with Crippen molar-refractivity contribution < 1.29 is 61.4 Å². The van der Waals surface area contributed by atoms with Gasteiger partial charge in [0.1, 0.15) is 24.0 Å². The number of phosphoric ester groups is 1. The van der Waals surface area contributed by atoms with Crippen molar-refractivity contribution in [3.05, 3.63) is 27.0 Å². The van der Waals surface area contributed by atoms with Gasteiger partial charge < -0.3 is 40.3 Å². The number of phosphoric acid groups is 3. The Morgan fingerprint density at radius 3 is 2.23 bits per heavy atom. The van der Waals surface area contributed by atoms with Gasteiger partial charge in [0.25, 0.3) is 5.56 Å². The van der Waals surface area contributed by atoms with Crippen molar-refractivity contribution in [1.29, 1.82) is 0 Å². The number of nitrogens with zero attached hydrogens (tertiary/aromatic N) is 1. The Morgan fingerprint density at radius 2 is 1.67 bits per heavy atom. The van der Waals surface area contributed by atoms with Crippen molar-refractivity contribution in [3.8, 4) is 0 Å². The minimum Gasteiger partial charge on any atom is -0.393 e. The zero-order valence-electron chi connectivity index (χ0n) is 14.3. The molecule has 2 rings (SSSR count). The van der Waals surface area contributed by atoms with E-state index in [-0.39, 0.29) is 0 Å². The topological polar surface area (TPSA) is 290 Å². The number of nitrogens with two attached hydrogens (primary N) is 1. The quantitative estimate of drug-likeness (QED) is 0.166. The van der Waals surface area contributed by atoms with Crippen LogP contribution in [0.5, 0.6) is 0 Å². The van der Waals surface area contributed by atoms with Gasteiger partial charge in [-0.3, -0.25) is 18.9 Å². The Morgan fingerprint density at radius 1 is 1.07 bits per heavy atom. The van der Waals surface area contributed by atoms with E-state index >= 15 is 0 Å². The minimum atomic E-state index is -5.75. The molecule has 18 nitrogen and oxygen atoms in total. The number of ether oxygens (including phenoxy) is 1. The van der Waals surface area contributed by atoms with E-state index in [9.17, 15) is 38.4 Å². The molecule has 4 unspecified atom stereocenters. The second-order valence-electron chi connectivity index (χ2n) is 5.68. The van der Waals surface area contributed by atoms with Gasteiger partial charge >= 0.3 is 29.2 Å². The van der Waals surface area contributed by atoms with Crippen LogP contribution < -0.4 is 17.0 Å². The van der Waals surface area contributed by atoms with Crippen LogP contribution in [0.25, 0.3) is 0 Å². The molecular weight excluding hydrogens is 483 g/mol. The van der Waals surface area contributed by atoms with Crippen LogP contribution in [0.15, 0.2) is 15.8 Å². The number of H-pyrrole nitrogens is 1. The largest absolute Gasteiger partial charge is 0.490 e. The van der Waals surface area contributed by atoms with Crippen molar-refractivity contribution in [1.82, 2.24) is 9.55 Å². The summed E-state index contributed by atoms with van der Waals surface area (Å²) in [5.74, 6) is 0. The summed E-state index contributed by atoms with van der Waals surface area (Å²) in [7, 11) is -16.8. The summed E-state index contributed by atoms with van der Waals surface area (Å²) >= 11 is 0. The van der Waals surface area contributed by atoms with E-state index < -0.39 is 71.6 Å². The van der Waals surface area contributed by atoms with Gasteiger partial charge in [0, 0.05) is 6.20 Å². The first-order chi connectivity index (χ1) is 13.5. The predicted octanol–water partition coefficient (Wildman–Crippen LogP) is -2.92. The number of hydrogen-bond acceptors (Lipinski definition) is 12. The third-order valence-electron chi connectivity index (χ3n) is 3.42. The second kappa shape index (κ2) is 8.72. The minimum absolute atomic E-state index is 0.434. The molecule has 6 atom stereocenters. The van der Waals surface area contributed by atoms with Crippen LogP contribution in [0.3, 0.4) is 0 Å². The van der Waals surface area contributed by atoms with Gasteiger partial charge in [-0.05, 0) is 0 Å². The molecule has 0 saturated carbocycles. The molecule has 1 aromatic heterocycles. The molecule has 172 valence electrons. The molecular formula is C9H16N3O15P3. The Hall–Kier alpha value is -1.23. The highest BCUT2D eigenvalue weighted by atomic mass is 31.3. The van der Waals surface area contributed by atoms with E-state index in [4.69, 9.17) is 25.2 Å². The van der Waals surface area contributed by atoms with Crippen molar-refractivity contribution in [2.24, 2.45) is 0 Å². The van der Waals surface area contributed by atoms with Gasteiger partial charge in [-0.1, -0.05) is 0 Å². The first kappa shape index (κ1) is 25.0. The Kier molecular flexibility index (Phi) is 7.28. The molecule has 1 fully saturated rings. The highest BCUT2D eigenvalue weighted by Gasteiger charge is 2.46. The van der Waals surface area contributed by atoms with Crippen LogP contribution in [0, 0.1) is 0 Å². The summed E-state index contributed by atoms with van der Waals surface area (Å²) in [4.78, 5) is 60.3. The van der Waals surface area contributed by atoms with Crippen molar-refractivity contribution >= 4 is 29.2 Å². The molecule has 0 aromatic carbocycles. The van der Waals surface area contributed by atoms with Crippen LogP contribution in [0.1, 0.15) is 6.23 Å². The van der Waals surface area contributed by atoms with Crippen LogP contribution in [0.2, 0.25) is 0 Å². The number of aromatic nitrogens is 2. The molecule has 2 heterocycles. The summed E-state index contributed by atoms with van der Waals surface area (Å²) in [6, 6.07) is 0. The molecule has 30 heavy (non-hydrogen) atoms. The number of aromatic amines is 1. The maximum atomic E-state index is 11.8. The number of anilines is 1. The fourth-order valence-corrected chi connectivity index (χ4v) is 5.29. The van der Waals surface area contributed by atoms with Crippen molar-refractivity contribution in [3.63, 3.8) is 0 Å². The highest BCUT2D eigenvalue weighted by molar-refractivity contribution is 7.66. The predicted molar refractivity (Wildman–Crippen MR) is 91.5 cm³/mol. The third-order valence-corrected chi connectivity index (χ3v) is 7.23. The molecule has 0 radical (unpaired) electrons. The van der Waals surface area contributed by atoms with Crippen molar-refractivity contribution in [2.75, 3.05) is 12.3 Å². The maximum absolute atomic E-state index is 11.8. The molecule has 1 saturated heterocycles. The molecule has 9 N–H and O–H groups in total. The smallest absolute Gasteiger partial charge is 0.393 e. The lowest BCUT2D eigenvalue weighted by Crippen LogP contribution is -2.38. The molecule has 1 aliphatic rings. The first-order valence-electron chi connectivity index (χ1n) is 7.42. The van der Waals surface area contributed by atoms with Crippen LogP contribution in [0.4, 0.5) is 5.69 Å². The van der Waals surface area contributed by atoms with Gasteiger partial charge in [0.15, 0.2) is 6.23 Å². The van der Waals surface area contributed by atoms with Crippen LogP contribution >= 0.6 is 23.5 Å². The summed E-state index contributed by atoms with van der Waals surface area (Å²) < 4.78 is 50.5. The SMILES string of the molecule is Nc1cn([C@H]2O[C@@H](COP(=O)(O)OP(=O)(O)OP(=O)(O)O)C(O)C2O)c(=O)[nH]c1=O. The molecule has 0 amide bonds. The normalized spacial score (nSPS) is 28.7. The monoisotopic (exact) mass is 499 g/mol. The van der Waals surface area contributed by atoms with Crippen LogP contribution in [-0.4, -0.2) is 64.3 Å². The summed E-state index contributed by atoms with van der Waals surface area (Å²) in [6.45, 7) is -1.08. The number of rotatable bonds is 8. The first-order valence-corrected chi connectivity index (χ1v) is 11.9. The summed E-state index contributed by atoms with van der Waals surface area (Å²) in [5, 5.41) is 20.0. The number of nitrogens with one attached hydrogen (secondary N) is 1. The van der Waals surface area contributed by atoms with Gasteiger partial charge in [-0.25, -0.2) is 18.5 Å². The maximum Gasteiger partial charge on any atom is 0.490 e. The number of nitrogen functional groups attached to an aromatic ring is 1. The average molecular weight is 499 g/mol. The number of aliphatic hydroxyl groups is 2. The van der Waals surface area contributed by atoms with Crippen LogP contribution in [-0.2, 0) is 31.6 Å². The second-order valence-corrected chi connectivity index (χ2v) is 10.1. The van der Waals surface area contributed by atoms with E-state index in [1.54, 1.807) is 0 Å². The summed E-state index contributed by atoms with van der Waals surface area (Å²) in [5.41, 5.74) is 2.93. The molecule has 0 bridgehead atoms. The van der Waals surface area contributed by atoms with E-state index in [0.29, 0.717) is 4.57 Å². The third kappa shape index (κ3) is 6.38. The van der Waals surface area contributed by atoms with E-state index in [1.165, 1.54) is 0 Å². The Bertz CT molecular complexity index is 1050. The molecule has 21 heteroatoms. The van der Waals surface area contributed by atoms with Gasteiger partial charge in [0.05, 0.1) is 6.61 Å². The lowest BCUT2D eigenvalue weighted by Gasteiger charge is -2.19. The van der Waals surface area contributed by atoms with Crippen molar-refractivity contribution in [2.45, 2.75) is 24.5 Å². The number of hydrogen-bond donors (Lipinski definition) is 8. The molecule has 1 aromatic rings. The zero-order valence-corrected chi connectivity index (χ0v) is 17.0. The lowest BCUT2D eigenvalue weighted by atomic mass is 10.1. The Balaban J connectivity index is 2.09. The van der Waals surface area contributed by atoms with Gasteiger partial charge in [0.2, 0.25) is 0 Å². The highest BCUT2D eigenvalue weighted by Crippen LogP contribution is 2.66. The Labute approximate surface area is 164 Å². The number of aliphatic hydroxyl groups excluding tert-OH is 2. The zero-order chi connectivity index (χ0) is 23.1. The molecule has 0 aliphatic carbocycles. The lowest BCUT2D eigenvalue weighted by molar-refractivity contribution is -0.0541. The molecule has 1 aliphatic heterocycles. The molecule has 0 spiro atoms. The van der Waals surface area contributed by atoms with E-state index in [0.717, 1.165) is 6.20 Å². The fraction of sp³-hybridized carbons (Fsp3) is 0.556.